The molecule has 22 heteroatoms. The third kappa shape index (κ3) is 9.92. The number of hydrogen-bond donors (Lipinski definition) is 4. The van der Waals surface area contributed by atoms with Crippen LogP contribution in [-0.2, 0) is 19.5 Å². The molecule has 2 aliphatic rings. The van der Waals surface area contributed by atoms with Gasteiger partial charge in [0, 0.05) is 68.6 Å². The molecule has 0 amide bonds. The first kappa shape index (κ1) is 37.8. The van der Waals surface area contributed by atoms with Crippen molar-refractivity contribution < 1.29 is 27.6 Å². The summed E-state index contributed by atoms with van der Waals surface area (Å²) in [4.78, 5) is 34.3. The standard InChI is InChI=1S/C30H34Cl2N12O6S2/c1-41-9-13-43(14-10-41)29-37-25(31)35-27(39-29)33-21-7-5-19(23(17-21)51-50-49-45)3-4-20-6-8-22(18-24(20)52(46,47)48)34-28-36-26(32)38-30(40-28)44-15-11-42(2)12-16-44/h3-8,17-18,45H,9-16H2,1-2H3,(H,46,47,48)(H,33,35,37,39)(H,34,36,38,40). The Balaban J connectivity index is 1.22. The highest BCUT2D eigenvalue weighted by atomic mass is 35.5. The molecular formula is C30H34Cl2N12O6S2. The van der Waals surface area contributed by atoms with Crippen LogP contribution in [0.5, 0.6) is 0 Å². The van der Waals surface area contributed by atoms with Gasteiger partial charge in [0.1, 0.15) is 4.90 Å². The fourth-order valence-electron chi connectivity index (χ4n) is 5.37. The number of nitrogens with one attached hydrogen (secondary N) is 2. The van der Waals surface area contributed by atoms with E-state index in [-0.39, 0.29) is 38.6 Å². The molecule has 0 atom stereocenters. The van der Waals surface area contributed by atoms with E-state index in [1.54, 1.807) is 30.3 Å². The molecular weight excluding hydrogens is 759 g/mol. The molecule has 4 aromatic rings. The van der Waals surface area contributed by atoms with Crippen molar-refractivity contribution in [2.75, 3.05) is 86.9 Å². The van der Waals surface area contributed by atoms with E-state index in [4.69, 9.17) is 32.8 Å². The molecule has 4 N–H and O–H groups in total. The number of nitrogens with zero attached hydrogens (tertiary/aromatic N) is 10. The van der Waals surface area contributed by atoms with E-state index < -0.39 is 10.1 Å². The first-order valence-corrected chi connectivity index (χ1v) is 18.7. The number of hydrogen-bond acceptors (Lipinski definition) is 18. The van der Waals surface area contributed by atoms with Crippen molar-refractivity contribution in [2.24, 2.45) is 0 Å². The van der Waals surface area contributed by atoms with Gasteiger partial charge in [-0.15, -0.1) is 4.33 Å². The number of aromatic nitrogens is 6. The van der Waals surface area contributed by atoms with Crippen LogP contribution in [0.1, 0.15) is 11.1 Å². The monoisotopic (exact) mass is 792 g/mol. The topological polar surface area (TPSA) is 207 Å². The van der Waals surface area contributed by atoms with Crippen LogP contribution in [-0.4, -0.2) is 124 Å². The van der Waals surface area contributed by atoms with E-state index in [1.165, 1.54) is 18.2 Å². The minimum atomic E-state index is -4.69. The zero-order chi connectivity index (χ0) is 36.8. The van der Waals surface area contributed by atoms with Crippen molar-refractivity contribution in [1.82, 2.24) is 39.7 Å². The van der Waals surface area contributed by atoms with Crippen molar-refractivity contribution in [3.8, 4) is 0 Å². The normalized spacial score (nSPS) is 16.1. The van der Waals surface area contributed by atoms with E-state index in [0.29, 0.717) is 53.2 Å². The largest absolute Gasteiger partial charge is 0.338 e. The Bertz CT molecular complexity index is 2030. The predicted octanol–water partition coefficient (Wildman–Crippen LogP) is 4.20. The van der Waals surface area contributed by atoms with Gasteiger partial charge in [0.15, 0.2) is 0 Å². The Morgan fingerprint density at radius 3 is 1.71 bits per heavy atom. The molecule has 2 aromatic heterocycles. The molecule has 2 saturated heterocycles. The third-order valence-electron chi connectivity index (χ3n) is 8.18. The van der Waals surface area contributed by atoms with Crippen LogP contribution < -0.4 is 20.4 Å². The first-order chi connectivity index (χ1) is 24.9. The number of halogens is 2. The highest BCUT2D eigenvalue weighted by molar-refractivity contribution is 7.94. The minimum Gasteiger partial charge on any atom is -0.338 e. The van der Waals surface area contributed by atoms with E-state index in [9.17, 15) is 13.0 Å². The molecule has 0 aliphatic carbocycles. The van der Waals surface area contributed by atoms with Crippen molar-refractivity contribution in [3.05, 3.63) is 58.1 Å². The summed E-state index contributed by atoms with van der Waals surface area (Å²) < 4.78 is 39.9. The lowest BCUT2D eigenvalue weighted by molar-refractivity contribution is -0.432. The van der Waals surface area contributed by atoms with E-state index in [2.05, 4.69) is 55.4 Å². The average Bonchev–Trinajstić information content (AvgIpc) is 3.10. The molecule has 4 heterocycles. The smallest absolute Gasteiger partial charge is 0.295 e. The number of piperazine rings is 2. The quantitative estimate of drug-likeness (QED) is 0.0521. The summed E-state index contributed by atoms with van der Waals surface area (Å²) in [5.74, 6) is 1.16. The van der Waals surface area contributed by atoms with Crippen molar-refractivity contribution in [3.63, 3.8) is 0 Å². The summed E-state index contributed by atoms with van der Waals surface area (Å²) >= 11 is 13.1. The lowest BCUT2D eigenvalue weighted by Gasteiger charge is -2.32. The molecule has 0 unspecified atom stereocenters. The summed E-state index contributed by atoms with van der Waals surface area (Å²) in [5, 5.41) is 18.7. The van der Waals surface area contributed by atoms with Crippen LogP contribution in [0, 0.1) is 0 Å². The van der Waals surface area contributed by atoms with Crippen molar-refractivity contribution >= 4 is 92.7 Å². The van der Waals surface area contributed by atoms with Crippen LogP contribution in [0.25, 0.3) is 12.2 Å². The molecule has 276 valence electrons. The summed E-state index contributed by atoms with van der Waals surface area (Å²) in [6, 6.07) is 9.46. The Kier molecular flexibility index (Phi) is 12.2. The lowest BCUT2D eigenvalue weighted by atomic mass is 10.1. The van der Waals surface area contributed by atoms with E-state index in [1.807, 2.05) is 23.9 Å². The van der Waals surface area contributed by atoms with Gasteiger partial charge >= 0.3 is 0 Å². The molecule has 18 nitrogen and oxygen atoms in total. The summed E-state index contributed by atoms with van der Waals surface area (Å²) in [7, 11) is -0.606. The Morgan fingerprint density at radius 1 is 0.731 bits per heavy atom. The van der Waals surface area contributed by atoms with Gasteiger partial charge in [-0.25, -0.2) is 5.26 Å². The first-order valence-electron chi connectivity index (χ1n) is 15.8. The maximum atomic E-state index is 12.5. The highest BCUT2D eigenvalue weighted by Crippen LogP contribution is 2.31. The second-order valence-electron chi connectivity index (χ2n) is 11.8. The minimum absolute atomic E-state index is 0.0287. The zero-order valence-corrected chi connectivity index (χ0v) is 31.0. The Hall–Kier alpha value is -3.96. The lowest BCUT2D eigenvalue weighted by Crippen LogP contribution is -2.45. The molecule has 2 aromatic carbocycles. The summed E-state index contributed by atoms with van der Waals surface area (Å²) in [6.07, 6.45) is 3.10. The van der Waals surface area contributed by atoms with Crippen LogP contribution in [0.2, 0.25) is 10.6 Å². The number of anilines is 6. The zero-order valence-electron chi connectivity index (χ0n) is 27.8. The van der Waals surface area contributed by atoms with Gasteiger partial charge in [0.2, 0.25) is 34.4 Å². The molecule has 0 bridgehead atoms. The third-order valence-corrected chi connectivity index (χ3v) is 10.1. The van der Waals surface area contributed by atoms with Gasteiger partial charge in [-0.05, 0) is 72.7 Å². The highest BCUT2D eigenvalue weighted by Gasteiger charge is 2.21. The van der Waals surface area contributed by atoms with Gasteiger partial charge in [-0.3, -0.25) is 4.55 Å². The van der Waals surface area contributed by atoms with Crippen LogP contribution in [0.15, 0.2) is 46.2 Å². The van der Waals surface area contributed by atoms with E-state index in [0.717, 1.165) is 39.3 Å². The molecule has 2 aliphatic heterocycles. The second kappa shape index (κ2) is 16.8. The molecule has 0 saturated carbocycles. The number of rotatable bonds is 12. The molecule has 6 rings (SSSR count). The van der Waals surface area contributed by atoms with Gasteiger partial charge in [-0.2, -0.15) is 38.3 Å². The van der Waals surface area contributed by atoms with Gasteiger partial charge in [-0.1, -0.05) is 29.3 Å². The van der Waals surface area contributed by atoms with Crippen molar-refractivity contribution in [1.29, 1.82) is 0 Å². The van der Waals surface area contributed by atoms with Crippen LogP contribution >= 0.6 is 35.2 Å². The molecule has 0 spiro atoms. The Labute approximate surface area is 313 Å². The summed E-state index contributed by atoms with van der Waals surface area (Å²) in [6.45, 7) is 6.25. The fraction of sp³-hybridized carbons (Fsp3) is 0.333. The maximum Gasteiger partial charge on any atom is 0.295 e. The maximum absolute atomic E-state index is 12.5. The van der Waals surface area contributed by atoms with Gasteiger partial charge < -0.3 is 30.2 Å². The molecule has 2 fully saturated rings. The van der Waals surface area contributed by atoms with E-state index >= 15 is 0 Å². The van der Waals surface area contributed by atoms with Crippen LogP contribution in [0.4, 0.5) is 35.2 Å². The predicted molar refractivity (Wildman–Crippen MR) is 198 cm³/mol. The van der Waals surface area contributed by atoms with Gasteiger partial charge in [0.25, 0.3) is 10.1 Å². The number of likely N-dealkylation sites (N-methyl/N-ethyl adjacent to an activating group) is 2. The summed E-state index contributed by atoms with van der Waals surface area (Å²) in [5.41, 5.74) is 1.54. The number of benzene rings is 2. The fourth-order valence-corrected chi connectivity index (χ4v) is 6.90. The van der Waals surface area contributed by atoms with Crippen molar-refractivity contribution in [2.45, 2.75) is 9.79 Å². The van der Waals surface area contributed by atoms with Gasteiger partial charge in [0.05, 0.1) is 12.0 Å². The molecule has 52 heavy (non-hydrogen) atoms. The Morgan fingerprint density at radius 2 is 1.21 bits per heavy atom. The van der Waals surface area contributed by atoms with Crippen LogP contribution in [0.3, 0.4) is 0 Å². The second-order valence-corrected chi connectivity index (χ2v) is 14.6. The SMILES string of the molecule is CN1CCN(c2nc(Cl)nc(Nc3ccc(C=Cc4ccc(Nc5nc(Cl)nc(N6CCN(C)CC6)n5)cc4S(=O)(=O)O)c(SOOO)c3)n2)CC1. The average molecular weight is 794 g/mol. The molecule has 0 radical (unpaired) electrons.